The Kier molecular flexibility index (Phi) is 11.4. The van der Waals surface area contributed by atoms with Crippen LogP contribution in [-0.4, -0.2) is 50.0 Å². The maximum Gasteiger partial charge on any atom is 0.243 e. The van der Waals surface area contributed by atoms with Gasteiger partial charge in [0, 0.05) is 37.0 Å². The third kappa shape index (κ3) is 9.33. The maximum absolute atomic E-state index is 13.9. The highest BCUT2D eigenvalue weighted by Crippen LogP contribution is 2.26. The van der Waals surface area contributed by atoms with Gasteiger partial charge >= 0.3 is 0 Å². The number of anilines is 1. The van der Waals surface area contributed by atoms with Gasteiger partial charge in [-0.2, -0.15) is 0 Å². The third-order valence-electron chi connectivity index (χ3n) is 6.94. The quantitative estimate of drug-likeness (QED) is 0.275. The second-order valence-corrected chi connectivity index (χ2v) is 13.0. The molecular formula is C32H40ClN3O4S. The highest BCUT2D eigenvalue weighted by atomic mass is 35.5. The predicted octanol–water partition coefficient (Wildman–Crippen LogP) is 5.67. The molecule has 0 unspecified atom stereocenters. The van der Waals surface area contributed by atoms with E-state index in [9.17, 15) is 18.0 Å². The Bertz CT molecular complexity index is 1440. The Labute approximate surface area is 249 Å². The molecule has 2 amide bonds. The van der Waals surface area contributed by atoms with Gasteiger partial charge in [-0.3, -0.25) is 13.9 Å². The fraction of sp³-hybridized carbons (Fsp3) is 0.375. The van der Waals surface area contributed by atoms with Crippen molar-refractivity contribution in [1.29, 1.82) is 0 Å². The first kappa shape index (κ1) is 32.2. The van der Waals surface area contributed by atoms with E-state index in [0.717, 1.165) is 22.3 Å². The van der Waals surface area contributed by atoms with Crippen LogP contribution in [0.1, 0.15) is 48.9 Å². The van der Waals surface area contributed by atoms with Gasteiger partial charge < -0.3 is 10.2 Å². The molecule has 1 N–H and O–H groups in total. The molecule has 0 radical (unpaired) electrons. The molecule has 41 heavy (non-hydrogen) atoms. The zero-order valence-corrected chi connectivity index (χ0v) is 26.0. The van der Waals surface area contributed by atoms with Crippen LogP contribution in [0.15, 0.2) is 72.8 Å². The molecule has 0 heterocycles. The number of carbonyl (C=O) groups is 2. The number of amides is 2. The molecular weight excluding hydrogens is 558 g/mol. The summed E-state index contributed by atoms with van der Waals surface area (Å²) in [6.07, 6.45) is 1.87. The van der Waals surface area contributed by atoms with Crippen LogP contribution >= 0.6 is 11.6 Å². The molecule has 0 aliphatic heterocycles. The minimum absolute atomic E-state index is 0.0672. The second-order valence-electron chi connectivity index (χ2n) is 10.7. The van der Waals surface area contributed by atoms with Crippen LogP contribution < -0.4 is 9.62 Å². The van der Waals surface area contributed by atoms with Crippen LogP contribution in [-0.2, 0) is 32.6 Å². The van der Waals surface area contributed by atoms with Crippen molar-refractivity contribution in [2.75, 3.05) is 17.1 Å². The number of benzene rings is 3. The zero-order valence-electron chi connectivity index (χ0n) is 24.4. The molecule has 0 saturated carbocycles. The zero-order chi connectivity index (χ0) is 30.2. The van der Waals surface area contributed by atoms with Gasteiger partial charge in [-0.25, -0.2) is 8.42 Å². The lowest BCUT2D eigenvalue weighted by Gasteiger charge is -2.32. The van der Waals surface area contributed by atoms with Gasteiger partial charge in [0.05, 0.1) is 11.9 Å². The number of halogens is 1. The Morgan fingerprint density at radius 2 is 1.59 bits per heavy atom. The third-order valence-corrected chi connectivity index (χ3v) is 8.36. The average molecular weight is 598 g/mol. The highest BCUT2D eigenvalue weighted by Gasteiger charge is 2.31. The van der Waals surface area contributed by atoms with Crippen molar-refractivity contribution < 1.29 is 18.0 Å². The van der Waals surface area contributed by atoms with Crippen LogP contribution in [0, 0.1) is 13.8 Å². The molecule has 0 aliphatic rings. The van der Waals surface area contributed by atoms with E-state index in [1.807, 2.05) is 82.3 Å². The van der Waals surface area contributed by atoms with E-state index in [1.54, 1.807) is 23.1 Å². The SMILES string of the molecule is Cc1cccc(N(CCCC(=O)N(Cc2cccc(Cl)c2)[C@@H](Cc2ccccc2)C(=O)NC(C)C)S(C)(=O)=O)c1C. The van der Waals surface area contributed by atoms with Crippen LogP contribution in [0.5, 0.6) is 0 Å². The van der Waals surface area contributed by atoms with Gasteiger partial charge in [0.1, 0.15) is 6.04 Å². The van der Waals surface area contributed by atoms with Crippen LogP contribution in [0.3, 0.4) is 0 Å². The maximum atomic E-state index is 13.9. The summed E-state index contributed by atoms with van der Waals surface area (Å²) in [7, 11) is -3.58. The first-order chi connectivity index (χ1) is 19.4. The number of carbonyl (C=O) groups excluding carboxylic acids is 2. The average Bonchev–Trinajstić information content (AvgIpc) is 2.90. The summed E-state index contributed by atoms with van der Waals surface area (Å²) < 4.78 is 26.9. The molecule has 0 fully saturated rings. The van der Waals surface area contributed by atoms with Crippen molar-refractivity contribution in [3.63, 3.8) is 0 Å². The van der Waals surface area contributed by atoms with Crippen molar-refractivity contribution in [3.05, 3.63) is 100 Å². The summed E-state index contributed by atoms with van der Waals surface area (Å²) in [5.74, 6) is -0.480. The first-order valence-corrected chi connectivity index (χ1v) is 16.0. The molecule has 3 aromatic carbocycles. The number of nitrogens with zero attached hydrogens (tertiary/aromatic N) is 2. The fourth-order valence-electron chi connectivity index (χ4n) is 4.75. The van der Waals surface area contributed by atoms with E-state index in [2.05, 4.69) is 5.32 Å². The molecule has 0 spiro atoms. The molecule has 0 aromatic heterocycles. The largest absolute Gasteiger partial charge is 0.352 e. The van der Waals surface area contributed by atoms with Crippen molar-refractivity contribution in [2.24, 2.45) is 0 Å². The molecule has 1 atom stereocenters. The lowest BCUT2D eigenvalue weighted by atomic mass is 10.0. The Morgan fingerprint density at radius 1 is 0.927 bits per heavy atom. The molecule has 220 valence electrons. The topological polar surface area (TPSA) is 86.8 Å². The highest BCUT2D eigenvalue weighted by molar-refractivity contribution is 7.92. The number of nitrogens with one attached hydrogen (secondary N) is 1. The van der Waals surface area contributed by atoms with Gasteiger partial charge in [-0.15, -0.1) is 0 Å². The summed E-state index contributed by atoms with van der Waals surface area (Å²) >= 11 is 6.25. The van der Waals surface area contributed by atoms with E-state index in [0.29, 0.717) is 17.1 Å². The Balaban J connectivity index is 1.90. The molecule has 0 aliphatic carbocycles. The first-order valence-electron chi connectivity index (χ1n) is 13.8. The molecule has 0 saturated heterocycles. The minimum Gasteiger partial charge on any atom is -0.352 e. The van der Waals surface area contributed by atoms with Gasteiger partial charge in [0.2, 0.25) is 21.8 Å². The van der Waals surface area contributed by atoms with Crippen molar-refractivity contribution in [1.82, 2.24) is 10.2 Å². The summed E-state index contributed by atoms with van der Waals surface area (Å²) in [5, 5.41) is 3.52. The summed E-state index contributed by atoms with van der Waals surface area (Å²) in [4.78, 5) is 29.0. The lowest BCUT2D eigenvalue weighted by molar-refractivity contribution is -0.141. The summed E-state index contributed by atoms with van der Waals surface area (Å²) in [6, 6.07) is 21.5. The van der Waals surface area contributed by atoms with Gasteiger partial charge in [0.15, 0.2) is 0 Å². The minimum atomic E-state index is -3.58. The van der Waals surface area contributed by atoms with E-state index in [4.69, 9.17) is 11.6 Å². The monoisotopic (exact) mass is 597 g/mol. The van der Waals surface area contributed by atoms with E-state index in [-0.39, 0.29) is 43.8 Å². The summed E-state index contributed by atoms with van der Waals surface area (Å²) in [5.41, 5.74) is 4.20. The second kappa shape index (κ2) is 14.5. The van der Waals surface area contributed by atoms with Crippen LogP contribution in [0.25, 0.3) is 0 Å². The lowest BCUT2D eigenvalue weighted by Crippen LogP contribution is -2.51. The Morgan fingerprint density at radius 3 is 2.22 bits per heavy atom. The van der Waals surface area contributed by atoms with Crippen LogP contribution in [0.2, 0.25) is 5.02 Å². The van der Waals surface area contributed by atoms with E-state index in [1.165, 1.54) is 10.6 Å². The molecule has 3 rings (SSSR count). The number of sulfonamides is 1. The van der Waals surface area contributed by atoms with Crippen molar-refractivity contribution >= 4 is 39.1 Å². The molecule has 9 heteroatoms. The molecule has 7 nitrogen and oxygen atoms in total. The van der Waals surface area contributed by atoms with Crippen LogP contribution in [0.4, 0.5) is 5.69 Å². The Hall–Kier alpha value is -3.36. The van der Waals surface area contributed by atoms with Crippen molar-refractivity contribution in [2.45, 2.75) is 65.6 Å². The molecule has 0 bridgehead atoms. The number of rotatable bonds is 13. The smallest absolute Gasteiger partial charge is 0.243 e. The number of aryl methyl sites for hydroxylation is 1. The predicted molar refractivity (Wildman–Crippen MR) is 167 cm³/mol. The number of hydrogen-bond acceptors (Lipinski definition) is 4. The van der Waals surface area contributed by atoms with Gasteiger partial charge in [-0.05, 0) is 74.6 Å². The number of hydrogen-bond donors (Lipinski definition) is 1. The summed E-state index contributed by atoms with van der Waals surface area (Å²) in [6.45, 7) is 7.92. The van der Waals surface area contributed by atoms with Crippen molar-refractivity contribution in [3.8, 4) is 0 Å². The standard InChI is InChI=1S/C32H40ClN3O4S/c1-23(2)34-32(38)30(21-26-13-7-6-8-14-26)35(22-27-15-10-16-28(33)20-27)31(37)18-11-19-36(41(5,39)40)29-17-9-12-24(3)25(29)4/h6-10,12-17,20,23,30H,11,18-19,21-22H2,1-5H3,(H,34,38)/t30-/m0/s1. The van der Waals surface area contributed by atoms with E-state index >= 15 is 0 Å². The normalized spacial score (nSPS) is 12.2. The van der Waals surface area contributed by atoms with E-state index < -0.39 is 16.1 Å². The van der Waals surface area contributed by atoms with Gasteiger partial charge in [-0.1, -0.05) is 66.2 Å². The fourth-order valence-corrected chi connectivity index (χ4v) is 5.98. The molecule has 3 aromatic rings. The van der Waals surface area contributed by atoms with Gasteiger partial charge in [0.25, 0.3) is 0 Å².